The molecule has 0 spiro atoms. The van der Waals surface area contributed by atoms with Crippen molar-refractivity contribution >= 4 is 6.09 Å². The smallest absolute Gasteiger partial charge is 0.407 e. The second kappa shape index (κ2) is 2.75. The molecule has 1 saturated heterocycles. The van der Waals surface area contributed by atoms with E-state index in [-0.39, 0.29) is 6.54 Å². The minimum absolute atomic E-state index is 0.100. The number of likely N-dealkylation sites (tertiary alicyclic amines) is 1. The Morgan fingerprint density at radius 3 is 2.93 bits per heavy atom. The highest BCUT2D eigenvalue weighted by Crippen LogP contribution is 2.38. The van der Waals surface area contributed by atoms with E-state index in [2.05, 4.69) is 0 Å². The zero-order valence-corrected chi connectivity index (χ0v) is 7.67. The number of amides is 1. The fourth-order valence-corrected chi connectivity index (χ4v) is 1.75. The largest absolute Gasteiger partial charge is 0.472 e. The van der Waals surface area contributed by atoms with Gasteiger partial charge in [-0.1, -0.05) is 0 Å². The highest BCUT2D eigenvalue weighted by molar-refractivity contribution is 5.67. The molecule has 1 fully saturated rings. The lowest BCUT2D eigenvalue weighted by Gasteiger charge is -2.50. The zero-order valence-electron chi connectivity index (χ0n) is 7.67. The van der Waals surface area contributed by atoms with Crippen LogP contribution in [-0.4, -0.2) is 33.8 Å². The molecule has 1 amide bonds. The number of aliphatic hydroxyl groups is 1. The van der Waals surface area contributed by atoms with Gasteiger partial charge in [0.15, 0.2) is 0 Å². The lowest BCUT2D eigenvalue weighted by molar-refractivity contribution is -0.136. The van der Waals surface area contributed by atoms with Gasteiger partial charge in [-0.15, -0.1) is 0 Å². The summed E-state index contributed by atoms with van der Waals surface area (Å²) in [6.45, 7) is 1.77. The molecule has 1 aliphatic rings. The monoisotopic (exact) mass is 197 g/mol. The Bertz CT molecular complexity index is 348. The summed E-state index contributed by atoms with van der Waals surface area (Å²) < 4.78 is 4.85. The van der Waals surface area contributed by atoms with E-state index < -0.39 is 17.7 Å². The quantitative estimate of drug-likeness (QED) is 0.699. The first-order valence-corrected chi connectivity index (χ1v) is 4.30. The highest BCUT2D eigenvalue weighted by Gasteiger charge is 2.52. The van der Waals surface area contributed by atoms with Crippen LogP contribution in [0.5, 0.6) is 0 Å². The summed E-state index contributed by atoms with van der Waals surface area (Å²) in [4.78, 5) is 11.8. The summed E-state index contributed by atoms with van der Waals surface area (Å²) in [5.41, 5.74) is -0.465. The van der Waals surface area contributed by atoms with E-state index in [0.717, 1.165) is 0 Å². The third-order valence-electron chi connectivity index (χ3n) is 2.84. The fraction of sp³-hybridized carbons (Fsp3) is 0.444. The molecule has 0 bridgehead atoms. The number of hydrogen-bond donors (Lipinski definition) is 2. The summed E-state index contributed by atoms with van der Waals surface area (Å²) in [7, 11) is 0. The molecule has 5 heteroatoms. The van der Waals surface area contributed by atoms with Gasteiger partial charge in [0.25, 0.3) is 0 Å². The Kier molecular flexibility index (Phi) is 1.78. The molecule has 76 valence electrons. The second-order valence-electron chi connectivity index (χ2n) is 3.52. The Morgan fingerprint density at radius 1 is 1.79 bits per heavy atom. The topological polar surface area (TPSA) is 73.9 Å². The van der Waals surface area contributed by atoms with Crippen LogP contribution in [0.3, 0.4) is 0 Å². The van der Waals surface area contributed by atoms with Crippen LogP contribution in [0, 0.1) is 0 Å². The Morgan fingerprint density at radius 2 is 2.50 bits per heavy atom. The van der Waals surface area contributed by atoms with Crippen LogP contribution in [-0.2, 0) is 5.60 Å². The van der Waals surface area contributed by atoms with Crippen molar-refractivity contribution in [1.82, 2.24) is 4.90 Å². The van der Waals surface area contributed by atoms with E-state index in [9.17, 15) is 9.90 Å². The molecule has 5 nitrogen and oxygen atoms in total. The van der Waals surface area contributed by atoms with Crippen molar-refractivity contribution in [3.63, 3.8) is 0 Å². The maximum atomic E-state index is 10.6. The maximum Gasteiger partial charge on any atom is 0.407 e. The van der Waals surface area contributed by atoms with Gasteiger partial charge >= 0.3 is 6.09 Å². The van der Waals surface area contributed by atoms with Gasteiger partial charge in [0.2, 0.25) is 0 Å². The number of carbonyl (C=O) groups is 1. The minimum Gasteiger partial charge on any atom is -0.472 e. The molecular formula is C9H11NO4. The van der Waals surface area contributed by atoms with Gasteiger partial charge in [-0.25, -0.2) is 4.79 Å². The SMILES string of the molecule is C[C@@H]1N(C(=O)O)C[C@@]1(O)c1ccoc1. The molecule has 1 aromatic heterocycles. The van der Waals surface area contributed by atoms with Crippen molar-refractivity contribution in [2.45, 2.75) is 18.6 Å². The Labute approximate surface area is 80.6 Å². The number of rotatable bonds is 1. The minimum atomic E-state index is -1.09. The van der Waals surface area contributed by atoms with Crippen molar-refractivity contribution in [2.24, 2.45) is 0 Å². The van der Waals surface area contributed by atoms with Crippen LogP contribution in [0.1, 0.15) is 12.5 Å². The van der Waals surface area contributed by atoms with Gasteiger partial charge in [0.05, 0.1) is 25.1 Å². The summed E-state index contributed by atoms with van der Waals surface area (Å²) in [5, 5.41) is 18.8. The second-order valence-corrected chi connectivity index (χ2v) is 3.52. The molecule has 2 N–H and O–H groups in total. The van der Waals surface area contributed by atoms with Crippen LogP contribution in [0.2, 0.25) is 0 Å². The summed E-state index contributed by atoms with van der Waals surface area (Å²) >= 11 is 0. The molecule has 0 aliphatic carbocycles. The molecule has 0 radical (unpaired) electrons. The van der Waals surface area contributed by atoms with Crippen molar-refractivity contribution in [3.8, 4) is 0 Å². The molecular weight excluding hydrogens is 186 g/mol. The van der Waals surface area contributed by atoms with E-state index in [1.165, 1.54) is 17.4 Å². The number of furan rings is 1. The molecule has 2 rings (SSSR count). The van der Waals surface area contributed by atoms with Gasteiger partial charge in [0, 0.05) is 5.56 Å². The molecule has 0 saturated carbocycles. The van der Waals surface area contributed by atoms with Crippen LogP contribution < -0.4 is 0 Å². The number of hydrogen-bond acceptors (Lipinski definition) is 3. The van der Waals surface area contributed by atoms with Gasteiger partial charge in [0.1, 0.15) is 5.60 Å². The third-order valence-corrected chi connectivity index (χ3v) is 2.84. The third kappa shape index (κ3) is 1.02. The Balaban J connectivity index is 2.19. The van der Waals surface area contributed by atoms with Crippen LogP contribution in [0.15, 0.2) is 23.0 Å². The van der Waals surface area contributed by atoms with Gasteiger partial charge < -0.3 is 14.6 Å². The lowest BCUT2D eigenvalue weighted by Crippen LogP contribution is -2.67. The summed E-state index contributed by atoms with van der Waals surface area (Å²) in [6.07, 6.45) is 1.89. The fourth-order valence-electron chi connectivity index (χ4n) is 1.75. The average molecular weight is 197 g/mol. The lowest BCUT2D eigenvalue weighted by atomic mass is 9.80. The van der Waals surface area contributed by atoms with Crippen LogP contribution >= 0.6 is 0 Å². The van der Waals surface area contributed by atoms with Crippen LogP contribution in [0.4, 0.5) is 4.79 Å². The van der Waals surface area contributed by atoms with E-state index >= 15 is 0 Å². The number of β-amino-alcohol motifs (C(OH)–C–C–N with tert-alkyl or cyclic N) is 1. The van der Waals surface area contributed by atoms with Gasteiger partial charge in [-0.05, 0) is 13.0 Å². The summed E-state index contributed by atoms with van der Waals surface area (Å²) in [5.74, 6) is 0. The molecule has 1 aliphatic heterocycles. The number of nitrogens with zero attached hydrogens (tertiary/aromatic N) is 1. The first-order valence-electron chi connectivity index (χ1n) is 4.30. The van der Waals surface area contributed by atoms with Gasteiger partial charge in [-0.3, -0.25) is 4.90 Å². The Hall–Kier alpha value is -1.49. The molecule has 2 heterocycles. The van der Waals surface area contributed by atoms with E-state index in [1.54, 1.807) is 13.0 Å². The van der Waals surface area contributed by atoms with Crippen molar-refractivity contribution < 1.29 is 19.4 Å². The van der Waals surface area contributed by atoms with Gasteiger partial charge in [-0.2, -0.15) is 0 Å². The van der Waals surface area contributed by atoms with E-state index in [4.69, 9.17) is 9.52 Å². The van der Waals surface area contributed by atoms with E-state index in [0.29, 0.717) is 5.56 Å². The predicted molar refractivity (Wildman–Crippen MR) is 46.8 cm³/mol. The number of carboxylic acid groups (broad SMARTS) is 1. The van der Waals surface area contributed by atoms with Crippen molar-refractivity contribution in [3.05, 3.63) is 24.2 Å². The molecule has 2 atom stereocenters. The van der Waals surface area contributed by atoms with Crippen molar-refractivity contribution in [1.29, 1.82) is 0 Å². The predicted octanol–water partition coefficient (Wildman–Crippen LogP) is 0.849. The normalized spacial score (nSPS) is 31.3. The molecule has 0 aromatic carbocycles. The zero-order chi connectivity index (χ0) is 10.3. The van der Waals surface area contributed by atoms with Crippen molar-refractivity contribution in [2.75, 3.05) is 6.54 Å². The molecule has 0 unspecified atom stereocenters. The first-order chi connectivity index (χ1) is 6.55. The standard InChI is InChI=1S/C9H11NO4/c1-6-9(13,5-10(6)8(11)12)7-2-3-14-4-7/h2-4,6,13H,5H2,1H3,(H,11,12)/t6-,9-/m0/s1. The van der Waals surface area contributed by atoms with E-state index in [1.807, 2.05) is 0 Å². The average Bonchev–Trinajstić information content (AvgIpc) is 2.65. The first kappa shape index (κ1) is 9.08. The summed E-state index contributed by atoms with van der Waals surface area (Å²) in [6, 6.07) is 1.22. The highest BCUT2D eigenvalue weighted by atomic mass is 16.4. The molecule has 14 heavy (non-hydrogen) atoms. The van der Waals surface area contributed by atoms with Crippen LogP contribution in [0.25, 0.3) is 0 Å². The maximum absolute atomic E-state index is 10.6. The molecule has 1 aromatic rings.